The minimum absolute atomic E-state index is 0.0902. The van der Waals surface area contributed by atoms with Crippen LogP contribution in [0.5, 0.6) is 5.75 Å². The minimum atomic E-state index is -3.23. The molecule has 1 heterocycles. The van der Waals surface area contributed by atoms with Crippen LogP contribution in [-0.4, -0.2) is 33.2 Å². The van der Waals surface area contributed by atoms with Crippen LogP contribution >= 0.6 is 0 Å². The maximum Gasteiger partial charge on any atom is 0.262 e. The highest BCUT2D eigenvalue weighted by molar-refractivity contribution is 7.92. The molecule has 1 saturated heterocycles. The Bertz CT molecular complexity index is 879. The first-order chi connectivity index (χ1) is 12.5. The smallest absolute Gasteiger partial charge is 0.262 e. The average Bonchev–Trinajstić information content (AvgIpc) is 2.62. The molecule has 1 N–H and O–H groups in total. The SMILES string of the molecule is Cc1ccccc1OCC(=O)Nc1ccc(N2CCCCS2(=O)=O)cc1. The van der Waals surface area contributed by atoms with E-state index in [2.05, 4.69) is 5.32 Å². The molecular weight excluding hydrogens is 352 g/mol. The van der Waals surface area contributed by atoms with E-state index in [9.17, 15) is 13.2 Å². The molecule has 6 nitrogen and oxygen atoms in total. The van der Waals surface area contributed by atoms with Crippen molar-refractivity contribution in [3.05, 3.63) is 54.1 Å². The average molecular weight is 374 g/mol. The molecule has 138 valence electrons. The number of carbonyl (C=O) groups excluding carboxylic acids is 1. The maximum atomic E-state index is 12.1. The molecular formula is C19H22N2O4S. The Hall–Kier alpha value is -2.54. The molecule has 2 aromatic rings. The third kappa shape index (κ3) is 4.35. The van der Waals surface area contributed by atoms with Gasteiger partial charge in [-0.25, -0.2) is 8.42 Å². The lowest BCUT2D eigenvalue weighted by Crippen LogP contribution is -2.37. The Labute approximate surface area is 153 Å². The lowest BCUT2D eigenvalue weighted by atomic mass is 10.2. The molecule has 0 bridgehead atoms. The number of hydrogen-bond acceptors (Lipinski definition) is 4. The van der Waals surface area contributed by atoms with Gasteiger partial charge in [0.05, 0.1) is 11.4 Å². The second-order valence-corrected chi connectivity index (χ2v) is 8.26. The topological polar surface area (TPSA) is 75.7 Å². The zero-order valence-electron chi connectivity index (χ0n) is 14.6. The first-order valence-electron chi connectivity index (χ1n) is 8.54. The molecule has 0 radical (unpaired) electrons. The fourth-order valence-corrected chi connectivity index (χ4v) is 4.49. The van der Waals surface area contributed by atoms with Crippen LogP contribution in [0.3, 0.4) is 0 Å². The Morgan fingerprint density at radius 2 is 1.85 bits per heavy atom. The van der Waals surface area contributed by atoms with E-state index in [0.717, 1.165) is 12.0 Å². The molecule has 3 rings (SSSR count). The van der Waals surface area contributed by atoms with E-state index < -0.39 is 10.0 Å². The summed E-state index contributed by atoms with van der Waals surface area (Å²) >= 11 is 0. The summed E-state index contributed by atoms with van der Waals surface area (Å²) < 4.78 is 31.2. The van der Waals surface area contributed by atoms with Crippen LogP contribution in [0.15, 0.2) is 48.5 Å². The number of hydrogen-bond donors (Lipinski definition) is 1. The number of sulfonamides is 1. The monoisotopic (exact) mass is 374 g/mol. The van der Waals surface area contributed by atoms with Gasteiger partial charge in [0, 0.05) is 12.2 Å². The van der Waals surface area contributed by atoms with Gasteiger partial charge in [-0.15, -0.1) is 0 Å². The van der Waals surface area contributed by atoms with E-state index in [1.54, 1.807) is 24.3 Å². The molecule has 1 amide bonds. The fourth-order valence-electron chi connectivity index (χ4n) is 2.85. The van der Waals surface area contributed by atoms with Crippen LogP contribution in [0.4, 0.5) is 11.4 Å². The fraction of sp³-hybridized carbons (Fsp3) is 0.316. The summed E-state index contributed by atoms with van der Waals surface area (Å²) in [5.74, 6) is 0.585. The lowest BCUT2D eigenvalue weighted by molar-refractivity contribution is -0.118. The van der Waals surface area contributed by atoms with Crippen molar-refractivity contribution < 1.29 is 17.9 Å². The van der Waals surface area contributed by atoms with E-state index >= 15 is 0 Å². The quantitative estimate of drug-likeness (QED) is 0.873. The summed E-state index contributed by atoms with van der Waals surface area (Å²) in [6.07, 6.45) is 1.56. The lowest BCUT2D eigenvalue weighted by Gasteiger charge is -2.28. The van der Waals surface area contributed by atoms with Gasteiger partial charge in [-0.1, -0.05) is 18.2 Å². The highest BCUT2D eigenvalue weighted by Gasteiger charge is 2.25. The standard InChI is InChI=1S/C19H22N2O4S/c1-15-6-2-3-7-18(15)25-14-19(22)20-16-8-10-17(11-9-16)21-12-4-5-13-26(21,23)24/h2-3,6-11H,4-5,12-14H2,1H3,(H,20,22). The second-order valence-electron chi connectivity index (χ2n) is 6.24. The number of benzene rings is 2. The molecule has 0 spiro atoms. The largest absolute Gasteiger partial charge is 0.483 e. The number of aryl methyl sites for hydroxylation is 1. The van der Waals surface area contributed by atoms with E-state index in [1.165, 1.54) is 4.31 Å². The Morgan fingerprint density at radius 3 is 2.54 bits per heavy atom. The predicted octanol–water partition coefficient (Wildman–Crippen LogP) is 2.94. The van der Waals surface area contributed by atoms with Crippen molar-refractivity contribution in [1.29, 1.82) is 0 Å². The van der Waals surface area contributed by atoms with Crippen molar-refractivity contribution >= 4 is 27.3 Å². The number of nitrogens with one attached hydrogen (secondary N) is 1. The summed E-state index contributed by atoms with van der Waals surface area (Å²) in [6, 6.07) is 14.3. The zero-order valence-corrected chi connectivity index (χ0v) is 15.5. The predicted molar refractivity (Wildman–Crippen MR) is 102 cm³/mol. The summed E-state index contributed by atoms with van der Waals surface area (Å²) in [6.45, 7) is 2.33. The number of amides is 1. The first-order valence-corrected chi connectivity index (χ1v) is 10.2. The number of nitrogens with zero attached hydrogens (tertiary/aromatic N) is 1. The molecule has 0 aromatic heterocycles. The molecule has 0 aliphatic carbocycles. The third-order valence-corrected chi connectivity index (χ3v) is 6.11. The molecule has 1 aliphatic heterocycles. The van der Waals surface area contributed by atoms with Gasteiger partial charge in [-0.3, -0.25) is 9.10 Å². The van der Waals surface area contributed by atoms with Crippen LogP contribution in [-0.2, 0) is 14.8 Å². The van der Waals surface area contributed by atoms with Crippen molar-refractivity contribution in [2.24, 2.45) is 0 Å². The second kappa shape index (κ2) is 7.78. The Balaban J connectivity index is 1.59. The molecule has 26 heavy (non-hydrogen) atoms. The normalized spacial score (nSPS) is 16.1. The van der Waals surface area contributed by atoms with Crippen LogP contribution in [0.2, 0.25) is 0 Å². The van der Waals surface area contributed by atoms with Crippen LogP contribution in [0.25, 0.3) is 0 Å². The molecule has 7 heteroatoms. The van der Waals surface area contributed by atoms with Crippen molar-refractivity contribution in [2.45, 2.75) is 19.8 Å². The summed E-state index contributed by atoms with van der Waals surface area (Å²) in [7, 11) is -3.23. The van der Waals surface area contributed by atoms with Crippen molar-refractivity contribution in [3.63, 3.8) is 0 Å². The molecule has 0 saturated carbocycles. The highest BCUT2D eigenvalue weighted by atomic mass is 32.2. The molecule has 0 unspecified atom stereocenters. The van der Waals surface area contributed by atoms with Crippen LogP contribution in [0.1, 0.15) is 18.4 Å². The minimum Gasteiger partial charge on any atom is -0.483 e. The van der Waals surface area contributed by atoms with E-state index in [1.807, 2.05) is 31.2 Å². The molecule has 0 atom stereocenters. The van der Waals surface area contributed by atoms with Gasteiger partial charge < -0.3 is 10.1 Å². The zero-order chi connectivity index (χ0) is 18.6. The van der Waals surface area contributed by atoms with Gasteiger partial charge >= 0.3 is 0 Å². The van der Waals surface area contributed by atoms with Gasteiger partial charge in [-0.05, 0) is 55.7 Å². The van der Waals surface area contributed by atoms with E-state index in [4.69, 9.17) is 4.74 Å². The van der Waals surface area contributed by atoms with Gasteiger partial charge in [0.15, 0.2) is 6.61 Å². The summed E-state index contributed by atoms with van der Waals surface area (Å²) in [4.78, 5) is 12.0. The molecule has 2 aromatic carbocycles. The summed E-state index contributed by atoms with van der Waals surface area (Å²) in [5, 5.41) is 2.75. The van der Waals surface area contributed by atoms with Gasteiger partial charge in [0.2, 0.25) is 10.0 Å². The maximum absolute atomic E-state index is 12.1. The number of ether oxygens (including phenoxy) is 1. The van der Waals surface area contributed by atoms with Gasteiger partial charge in [0.25, 0.3) is 5.91 Å². The molecule has 1 fully saturated rings. The van der Waals surface area contributed by atoms with Gasteiger partial charge in [0.1, 0.15) is 5.75 Å². The number of carbonyl (C=O) groups is 1. The third-order valence-electron chi connectivity index (χ3n) is 4.24. The van der Waals surface area contributed by atoms with Gasteiger partial charge in [-0.2, -0.15) is 0 Å². The Kier molecular flexibility index (Phi) is 5.46. The van der Waals surface area contributed by atoms with Crippen molar-refractivity contribution in [2.75, 3.05) is 28.5 Å². The van der Waals surface area contributed by atoms with Crippen molar-refractivity contribution in [1.82, 2.24) is 0 Å². The first kappa shape index (κ1) is 18.3. The van der Waals surface area contributed by atoms with Crippen LogP contribution in [0, 0.1) is 6.92 Å². The van der Waals surface area contributed by atoms with Crippen molar-refractivity contribution in [3.8, 4) is 5.75 Å². The highest BCUT2D eigenvalue weighted by Crippen LogP contribution is 2.25. The number of rotatable bonds is 5. The number of para-hydroxylation sites is 1. The Morgan fingerprint density at radius 1 is 1.12 bits per heavy atom. The molecule has 1 aliphatic rings. The number of anilines is 2. The van der Waals surface area contributed by atoms with E-state index in [-0.39, 0.29) is 18.3 Å². The summed E-state index contributed by atoms with van der Waals surface area (Å²) in [5.41, 5.74) is 2.19. The van der Waals surface area contributed by atoms with Crippen LogP contribution < -0.4 is 14.4 Å². The van der Waals surface area contributed by atoms with E-state index in [0.29, 0.717) is 30.1 Å².